The minimum Gasteiger partial charge on any atom is -0.386 e. The summed E-state index contributed by atoms with van der Waals surface area (Å²) in [5.74, 6) is 0. The van der Waals surface area contributed by atoms with Gasteiger partial charge >= 0.3 is 0 Å². The molecule has 2 atom stereocenters. The number of nitrogens with one attached hydrogen (secondary N) is 1. The van der Waals surface area contributed by atoms with Gasteiger partial charge in [-0.25, -0.2) is 13.1 Å². The van der Waals surface area contributed by atoms with Crippen molar-refractivity contribution < 1.29 is 18.3 Å². The van der Waals surface area contributed by atoms with E-state index in [-0.39, 0.29) is 17.9 Å². The summed E-state index contributed by atoms with van der Waals surface area (Å²) in [6.45, 7) is 2.31. The van der Waals surface area contributed by atoms with Gasteiger partial charge in [-0.2, -0.15) is 0 Å². The van der Waals surface area contributed by atoms with Crippen LogP contribution in [0.1, 0.15) is 26.2 Å². The molecule has 0 aromatic heterocycles. The van der Waals surface area contributed by atoms with E-state index in [9.17, 15) is 13.5 Å². The molecule has 0 aromatic carbocycles. The third-order valence-corrected chi connectivity index (χ3v) is 5.10. The Hall–Kier alpha value is -0.170. The summed E-state index contributed by atoms with van der Waals surface area (Å²) in [6, 6.07) is 0. The Labute approximate surface area is 89.9 Å². The monoisotopic (exact) mass is 235 g/mol. The highest BCUT2D eigenvalue weighted by Gasteiger charge is 2.42. The van der Waals surface area contributed by atoms with Crippen LogP contribution in [0, 0.1) is 0 Å². The fourth-order valence-corrected chi connectivity index (χ4v) is 3.17. The number of ether oxygens (including phenoxy) is 1. The molecule has 0 radical (unpaired) electrons. The lowest BCUT2D eigenvalue weighted by Crippen LogP contribution is -2.48. The van der Waals surface area contributed by atoms with Crippen molar-refractivity contribution in [2.24, 2.45) is 0 Å². The Balaban J connectivity index is 1.92. The molecule has 1 heterocycles. The van der Waals surface area contributed by atoms with Crippen molar-refractivity contribution >= 4 is 10.0 Å². The predicted molar refractivity (Wildman–Crippen MR) is 54.9 cm³/mol. The first-order valence-corrected chi connectivity index (χ1v) is 6.81. The van der Waals surface area contributed by atoms with Crippen LogP contribution in [-0.2, 0) is 14.8 Å². The first-order chi connectivity index (χ1) is 6.94. The van der Waals surface area contributed by atoms with E-state index >= 15 is 0 Å². The molecule has 15 heavy (non-hydrogen) atoms. The Morgan fingerprint density at radius 3 is 2.67 bits per heavy atom. The highest BCUT2D eigenvalue weighted by molar-refractivity contribution is 7.90. The van der Waals surface area contributed by atoms with Crippen molar-refractivity contribution in [3.05, 3.63) is 0 Å². The average Bonchev–Trinajstić information content (AvgIpc) is 2.94. The Kier molecular flexibility index (Phi) is 2.79. The molecule has 1 saturated heterocycles. The topological polar surface area (TPSA) is 75.6 Å². The Bertz CT molecular complexity index is 338. The zero-order valence-electron chi connectivity index (χ0n) is 8.77. The van der Waals surface area contributed by atoms with Crippen LogP contribution in [0.2, 0.25) is 0 Å². The zero-order chi connectivity index (χ0) is 11.1. The van der Waals surface area contributed by atoms with Gasteiger partial charge in [0.1, 0.15) is 5.60 Å². The molecule has 88 valence electrons. The summed E-state index contributed by atoms with van der Waals surface area (Å²) in [4.78, 5) is 0. The van der Waals surface area contributed by atoms with Gasteiger partial charge in [0.15, 0.2) is 0 Å². The zero-order valence-corrected chi connectivity index (χ0v) is 9.59. The van der Waals surface area contributed by atoms with Gasteiger partial charge in [0.05, 0.1) is 11.4 Å². The van der Waals surface area contributed by atoms with E-state index < -0.39 is 15.6 Å². The number of aliphatic hydroxyl groups is 1. The van der Waals surface area contributed by atoms with E-state index in [2.05, 4.69) is 4.72 Å². The van der Waals surface area contributed by atoms with Crippen LogP contribution in [-0.4, -0.2) is 43.6 Å². The molecule has 2 N–H and O–H groups in total. The molecule has 5 nitrogen and oxygen atoms in total. The van der Waals surface area contributed by atoms with E-state index in [4.69, 9.17) is 4.74 Å². The SMILES string of the molecule is CC1OCCC1(O)CNS(=O)(=O)C1CC1. The molecule has 2 rings (SSSR count). The van der Waals surface area contributed by atoms with Gasteiger partial charge in [-0.15, -0.1) is 0 Å². The van der Waals surface area contributed by atoms with Crippen molar-refractivity contribution in [2.45, 2.75) is 43.1 Å². The smallest absolute Gasteiger partial charge is 0.214 e. The largest absolute Gasteiger partial charge is 0.386 e. The van der Waals surface area contributed by atoms with Crippen LogP contribution in [0.4, 0.5) is 0 Å². The second kappa shape index (κ2) is 3.69. The summed E-state index contributed by atoms with van der Waals surface area (Å²) in [5, 5.41) is 9.84. The van der Waals surface area contributed by atoms with Crippen LogP contribution < -0.4 is 4.72 Å². The maximum absolute atomic E-state index is 11.5. The quantitative estimate of drug-likeness (QED) is 0.696. The number of hydrogen-bond donors (Lipinski definition) is 2. The highest BCUT2D eigenvalue weighted by atomic mass is 32.2. The average molecular weight is 235 g/mol. The fourth-order valence-electron chi connectivity index (χ4n) is 1.72. The molecule has 2 unspecified atom stereocenters. The minimum atomic E-state index is -3.20. The summed E-state index contributed by atoms with van der Waals surface area (Å²) in [6.07, 6.45) is 1.65. The van der Waals surface area contributed by atoms with Gasteiger partial charge in [-0.05, 0) is 19.8 Å². The maximum atomic E-state index is 11.5. The van der Waals surface area contributed by atoms with Gasteiger partial charge in [-0.1, -0.05) is 0 Å². The second-order valence-electron chi connectivity index (χ2n) is 4.43. The van der Waals surface area contributed by atoms with Crippen LogP contribution in [0.5, 0.6) is 0 Å². The van der Waals surface area contributed by atoms with Crippen LogP contribution in [0.3, 0.4) is 0 Å². The molecule has 2 fully saturated rings. The number of rotatable bonds is 4. The third kappa shape index (κ3) is 2.33. The van der Waals surface area contributed by atoms with Crippen molar-refractivity contribution in [3.8, 4) is 0 Å². The summed E-state index contributed by atoms with van der Waals surface area (Å²) < 4.78 is 30.8. The third-order valence-electron chi connectivity index (χ3n) is 3.20. The summed E-state index contributed by atoms with van der Waals surface area (Å²) >= 11 is 0. The molecular formula is C9H17NO4S. The summed E-state index contributed by atoms with van der Waals surface area (Å²) in [7, 11) is -3.20. The predicted octanol–water partition coefficient (Wildman–Crippen LogP) is -0.392. The van der Waals surface area contributed by atoms with E-state index in [0.717, 1.165) is 12.8 Å². The molecule has 2 aliphatic rings. The number of hydrogen-bond acceptors (Lipinski definition) is 4. The molecule has 0 aromatic rings. The van der Waals surface area contributed by atoms with Crippen molar-refractivity contribution in [1.82, 2.24) is 4.72 Å². The lowest BCUT2D eigenvalue weighted by molar-refractivity contribution is -0.0228. The Morgan fingerprint density at radius 2 is 2.20 bits per heavy atom. The molecule has 1 saturated carbocycles. The maximum Gasteiger partial charge on any atom is 0.214 e. The van der Waals surface area contributed by atoms with Crippen LogP contribution in [0.25, 0.3) is 0 Å². The van der Waals surface area contributed by atoms with Gasteiger partial charge in [0, 0.05) is 19.6 Å². The molecule has 0 amide bonds. The molecule has 0 spiro atoms. The van der Waals surface area contributed by atoms with Crippen molar-refractivity contribution in [3.63, 3.8) is 0 Å². The molecule has 1 aliphatic heterocycles. The van der Waals surface area contributed by atoms with Gasteiger partial charge in [0.2, 0.25) is 10.0 Å². The first kappa shape index (κ1) is 11.3. The fraction of sp³-hybridized carbons (Fsp3) is 1.00. The Morgan fingerprint density at radius 1 is 1.53 bits per heavy atom. The van der Waals surface area contributed by atoms with E-state index in [1.54, 1.807) is 6.92 Å². The lowest BCUT2D eigenvalue weighted by atomic mass is 9.97. The second-order valence-corrected chi connectivity index (χ2v) is 6.48. The lowest BCUT2D eigenvalue weighted by Gasteiger charge is -2.26. The first-order valence-electron chi connectivity index (χ1n) is 5.26. The normalized spacial score (nSPS) is 37.1. The summed E-state index contributed by atoms with van der Waals surface area (Å²) in [5.41, 5.74) is -1.04. The minimum absolute atomic E-state index is 0.0625. The number of sulfonamides is 1. The molecule has 1 aliphatic carbocycles. The standard InChI is InChI=1S/C9H17NO4S/c1-7-9(11,4-5-14-7)6-10-15(12,13)8-2-3-8/h7-8,10-11H,2-6H2,1H3. The van der Waals surface area contributed by atoms with E-state index in [1.807, 2.05) is 0 Å². The molecule has 0 bridgehead atoms. The van der Waals surface area contributed by atoms with Gasteiger partial charge in [0.25, 0.3) is 0 Å². The van der Waals surface area contributed by atoms with E-state index in [0.29, 0.717) is 13.0 Å². The van der Waals surface area contributed by atoms with Crippen LogP contribution >= 0.6 is 0 Å². The van der Waals surface area contributed by atoms with Crippen LogP contribution in [0.15, 0.2) is 0 Å². The molecule has 6 heteroatoms. The van der Waals surface area contributed by atoms with Gasteiger partial charge < -0.3 is 9.84 Å². The van der Waals surface area contributed by atoms with Crippen molar-refractivity contribution in [2.75, 3.05) is 13.2 Å². The van der Waals surface area contributed by atoms with E-state index in [1.165, 1.54) is 0 Å². The highest BCUT2D eigenvalue weighted by Crippen LogP contribution is 2.29. The molecular weight excluding hydrogens is 218 g/mol. The van der Waals surface area contributed by atoms with Gasteiger partial charge in [-0.3, -0.25) is 0 Å². The van der Waals surface area contributed by atoms with Crippen molar-refractivity contribution in [1.29, 1.82) is 0 Å².